The summed E-state index contributed by atoms with van der Waals surface area (Å²) >= 11 is 0. The van der Waals surface area contributed by atoms with E-state index in [1.807, 2.05) is 0 Å². The quantitative estimate of drug-likeness (QED) is 0.413. The maximum absolute atomic E-state index is 12.0. The zero-order valence-electron chi connectivity index (χ0n) is 13.8. The zero-order valence-corrected chi connectivity index (χ0v) is 13.8. The lowest BCUT2D eigenvalue weighted by Crippen LogP contribution is -2.40. The Kier molecular flexibility index (Phi) is 6.11. The smallest absolute Gasteiger partial charge is 0.338 e. The van der Waals surface area contributed by atoms with E-state index >= 15 is 0 Å². The van der Waals surface area contributed by atoms with Gasteiger partial charge in [0.2, 0.25) is 0 Å². The molecule has 24 heavy (non-hydrogen) atoms. The van der Waals surface area contributed by atoms with Crippen LogP contribution in [0.5, 0.6) is 0 Å². The van der Waals surface area contributed by atoms with Gasteiger partial charge < -0.3 is 18.9 Å². The third kappa shape index (κ3) is 4.66. The summed E-state index contributed by atoms with van der Waals surface area (Å²) in [4.78, 5) is 22.9. The average molecular weight is 334 g/mol. The first-order valence-electron chi connectivity index (χ1n) is 7.74. The summed E-state index contributed by atoms with van der Waals surface area (Å²) in [6.45, 7) is 7.44. The number of rotatable bonds is 8. The predicted octanol–water partition coefficient (Wildman–Crippen LogP) is 2.48. The van der Waals surface area contributed by atoms with Crippen LogP contribution in [0.25, 0.3) is 0 Å². The zero-order chi connectivity index (χ0) is 17.6. The van der Waals surface area contributed by atoms with Crippen LogP contribution in [0.2, 0.25) is 0 Å². The number of ether oxygens (including phenoxy) is 4. The molecule has 0 saturated carbocycles. The summed E-state index contributed by atoms with van der Waals surface area (Å²) < 4.78 is 22.0. The monoisotopic (exact) mass is 334 g/mol. The molecule has 6 heteroatoms. The van der Waals surface area contributed by atoms with Crippen molar-refractivity contribution in [3.05, 3.63) is 48.6 Å². The van der Waals surface area contributed by atoms with Gasteiger partial charge >= 0.3 is 5.97 Å². The van der Waals surface area contributed by atoms with Gasteiger partial charge in [-0.3, -0.25) is 4.79 Å². The van der Waals surface area contributed by atoms with Crippen molar-refractivity contribution in [2.24, 2.45) is 0 Å². The van der Waals surface area contributed by atoms with Crippen LogP contribution in [-0.4, -0.2) is 43.1 Å². The molecule has 1 aromatic carbocycles. The second-order valence-electron chi connectivity index (χ2n) is 5.90. The Balaban J connectivity index is 2.04. The Bertz CT molecular complexity index is 568. The van der Waals surface area contributed by atoms with Gasteiger partial charge in [0, 0.05) is 0 Å². The van der Waals surface area contributed by atoms with Crippen LogP contribution < -0.4 is 0 Å². The number of esters is 1. The fourth-order valence-electron chi connectivity index (χ4n) is 2.62. The van der Waals surface area contributed by atoms with Crippen molar-refractivity contribution >= 4 is 12.4 Å². The lowest BCUT2D eigenvalue weighted by atomic mass is 10.1. The van der Waals surface area contributed by atoms with E-state index in [1.54, 1.807) is 50.3 Å². The highest BCUT2D eigenvalue weighted by Crippen LogP contribution is 2.32. The van der Waals surface area contributed by atoms with E-state index in [1.165, 1.54) is 0 Å². The van der Waals surface area contributed by atoms with E-state index in [2.05, 4.69) is 6.58 Å². The van der Waals surface area contributed by atoms with E-state index in [4.69, 9.17) is 18.9 Å². The lowest BCUT2D eigenvalue weighted by molar-refractivity contribution is -0.167. The summed E-state index contributed by atoms with van der Waals surface area (Å²) in [7, 11) is 0. The molecule has 0 aromatic heterocycles. The maximum atomic E-state index is 12.0. The van der Waals surface area contributed by atoms with Crippen molar-refractivity contribution < 1.29 is 28.5 Å². The third-order valence-electron chi connectivity index (χ3n) is 3.61. The predicted molar refractivity (Wildman–Crippen MR) is 86.3 cm³/mol. The third-order valence-corrected chi connectivity index (χ3v) is 3.61. The second-order valence-corrected chi connectivity index (χ2v) is 5.90. The molecule has 0 spiro atoms. The van der Waals surface area contributed by atoms with Crippen molar-refractivity contribution in [2.75, 3.05) is 6.61 Å². The van der Waals surface area contributed by atoms with E-state index in [-0.39, 0.29) is 12.7 Å². The van der Waals surface area contributed by atoms with E-state index in [0.717, 1.165) is 0 Å². The van der Waals surface area contributed by atoms with Gasteiger partial charge in [0.25, 0.3) is 6.47 Å². The molecule has 2 rings (SSSR count). The normalized spacial score (nSPS) is 23.2. The van der Waals surface area contributed by atoms with Crippen LogP contribution in [0.4, 0.5) is 0 Å². The number of carbonyl (C=O) groups excluding carboxylic acids is 2. The average Bonchev–Trinajstić information content (AvgIpc) is 2.87. The molecule has 6 nitrogen and oxygen atoms in total. The van der Waals surface area contributed by atoms with Gasteiger partial charge in [-0.05, 0) is 32.4 Å². The van der Waals surface area contributed by atoms with Crippen molar-refractivity contribution in [1.29, 1.82) is 0 Å². The molecule has 0 aliphatic carbocycles. The van der Waals surface area contributed by atoms with Gasteiger partial charge in [0.05, 0.1) is 11.7 Å². The lowest BCUT2D eigenvalue weighted by Gasteiger charge is -2.24. The van der Waals surface area contributed by atoms with Crippen LogP contribution in [0.1, 0.15) is 30.6 Å². The molecule has 1 fully saturated rings. The van der Waals surface area contributed by atoms with Crippen LogP contribution in [0, 0.1) is 0 Å². The fraction of sp³-hybridized carbons (Fsp3) is 0.444. The molecule has 1 aliphatic heterocycles. The van der Waals surface area contributed by atoms with Crippen molar-refractivity contribution in [3.63, 3.8) is 0 Å². The first-order valence-corrected chi connectivity index (χ1v) is 7.74. The molecule has 0 unspecified atom stereocenters. The minimum atomic E-state index is -0.813. The van der Waals surface area contributed by atoms with Gasteiger partial charge in [-0.25, -0.2) is 4.79 Å². The van der Waals surface area contributed by atoms with E-state index < -0.39 is 24.0 Å². The van der Waals surface area contributed by atoms with Crippen LogP contribution >= 0.6 is 0 Å². The van der Waals surface area contributed by atoms with Crippen LogP contribution in [-0.2, 0) is 23.7 Å². The Morgan fingerprint density at radius 1 is 1.33 bits per heavy atom. The van der Waals surface area contributed by atoms with Gasteiger partial charge in [0.15, 0.2) is 11.9 Å². The number of hydrogen-bond acceptors (Lipinski definition) is 6. The molecular weight excluding hydrogens is 312 g/mol. The highest BCUT2D eigenvalue weighted by atomic mass is 16.8. The molecule has 0 N–H and O–H groups in total. The van der Waals surface area contributed by atoms with Gasteiger partial charge in [0.1, 0.15) is 12.7 Å². The fourth-order valence-corrected chi connectivity index (χ4v) is 2.62. The Hall–Kier alpha value is -2.18. The van der Waals surface area contributed by atoms with Crippen molar-refractivity contribution in [1.82, 2.24) is 0 Å². The largest absolute Gasteiger partial charge is 0.458 e. The maximum Gasteiger partial charge on any atom is 0.338 e. The molecule has 1 saturated heterocycles. The molecule has 130 valence electrons. The molecule has 3 atom stereocenters. The van der Waals surface area contributed by atoms with Crippen molar-refractivity contribution in [3.8, 4) is 0 Å². The SMILES string of the molecule is C=CC[C@H]1OC(C)(C)O[C@@H]1[C@@H](COC(=O)c1ccccc1)OC=O. The Morgan fingerprint density at radius 3 is 2.67 bits per heavy atom. The summed E-state index contributed by atoms with van der Waals surface area (Å²) in [5, 5.41) is 0. The minimum absolute atomic E-state index is 0.121. The minimum Gasteiger partial charge on any atom is -0.458 e. The standard InChI is InChI=1S/C18H22O6/c1-4-8-14-16(24-18(2,3)23-14)15(22-12-19)11-21-17(20)13-9-6-5-7-10-13/h4-7,9-10,12,14-16H,1,8,11H2,2-3H3/t14-,15-,16+/m1/s1. The Labute approximate surface area is 141 Å². The molecule has 0 radical (unpaired) electrons. The molecule has 0 amide bonds. The number of carbonyl (C=O) groups is 2. The van der Waals surface area contributed by atoms with Crippen molar-refractivity contribution in [2.45, 2.75) is 44.4 Å². The van der Waals surface area contributed by atoms with Gasteiger partial charge in [-0.2, -0.15) is 0 Å². The highest BCUT2D eigenvalue weighted by Gasteiger charge is 2.45. The van der Waals surface area contributed by atoms with E-state index in [0.29, 0.717) is 18.5 Å². The molecule has 1 aromatic rings. The molecule has 0 bridgehead atoms. The summed E-state index contributed by atoms with van der Waals surface area (Å²) in [6, 6.07) is 8.59. The summed E-state index contributed by atoms with van der Waals surface area (Å²) in [5.41, 5.74) is 0.425. The molecular formula is C18H22O6. The summed E-state index contributed by atoms with van der Waals surface area (Å²) in [5.74, 6) is -1.31. The highest BCUT2D eigenvalue weighted by molar-refractivity contribution is 5.89. The van der Waals surface area contributed by atoms with Gasteiger partial charge in [-0.1, -0.05) is 24.3 Å². The number of hydrogen-bond donors (Lipinski definition) is 0. The summed E-state index contributed by atoms with van der Waals surface area (Å²) in [6.07, 6.45) is 0.585. The first-order chi connectivity index (χ1) is 11.5. The Morgan fingerprint density at radius 2 is 2.04 bits per heavy atom. The van der Waals surface area contributed by atoms with Crippen LogP contribution in [0.15, 0.2) is 43.0 Å². The van der Waals surface area contributed by atoms with Gasteiger partial charge in [-0.15, -0.1) is 6.58 Å². The molecule has 1 heterocycles. The number of benzene rings is 1. The molecule has 1 aliphatic rings. The van der Waals surface area contributed by atoms with E-state index in [9.17, 15) is 9.59 Å². The second kappa shape index (κ2) is 8.08. The topological polar surface area (TPSA) is 71.1 Å². The van der Waals surface area contributed by atoms with Crippen LogP contribution in [0.3, 0.4) is 0 Å². The first kappa shape index (κ1) is 18.2.